The van der Waals surface area contributed by atoms with Gasteiger partial charge in [0, 0.05) is 13.1 Å². The van der Waals surface area contributed by atoms with Crippen molar-refractivity contribution in [3.63, 3.8) is 0 Å². The number of para-hydroxylation sites is 2. The SMILES string of the molecule is NCCNc1nc2ccccc2n1Cc1ccccc1. The first kappa shape index (κ1) is 12.7. The van der Waals surface area contributed by atoms with Crippen molar-refractivity contribution in [3.05, 3.63) is 60.2 Å². The van der Waals surface area contributed by atoms with E-state index in [0.29, 0.717) is 6.54 Å². The van der Waals surface area contributed by atoms with Gasteiger partial charge in [-0.1, -0.05) is 42.5 Å². The molecule has 1 aromatic heterocycles. The van der Waals surface area contributed by atoms with E-state index < -0.39 is 0 Å². The highest BCUT2D eigenvalue weighted by Gasteiger charge is 2.09. The van der Waals surface area contributed by atoms with Crippen LogP contribution in [0.15, 0.2) is 54.6 Å². The largest absolute Gasteiger partial charge is 0.354 e. The highest BCUT2D eigenvalue weighted by Crippen LogP contribution is 2.20. The maximum Gasteiger partial charge on any atom is 0.204 e. The highest BCUT2D eigenvalue weighted by molar-refractivity contribution is 5.78. The predicted octanol–water partition coefficient (Wildman–Crippen LogP) is 2.46. The molecule has 0 aliphatic heterocycles. The number of nitrogens with zero attached hydrogens (tertiary/aromatic N) is 2. The van der Waals surface area contributed by atoms with E-state index in [1.807, 2.05) is 24.3 Å². The normalized spacial score (nSPS) is 10.8. The van der Waals surface area contributed by atoms with Crippen LogP contribution in [0.2, 0.25) is 0 Å². The number of hydrogen-bond donors (Lipinski definition) is 2. The van der Waals surface area contributed by atoms with Gasteiger partial charge >= 0.3 is 0 Å². The van der Waals surface area contributed by atoms with Crippen LogP contribution in [0.1, 0.15) is 5.56 Å². The van der Waals surface area contributed by atoms with E-state index in [9.17, 15) is 0 Å². The molecule has 0 saturated heterocycles. The fourth-order valence-electron chi connectivity index (χ4n) is 2.32. The molecule has 0 saturated carbocycles. The van der Waals surface area contributed by atoms with Crippen molar-refractivity contribution in [2.45, 2.75) is 6.54 Å². The van der Waals surface area contributed by atoms with Gasteiger partial charge in [-0.2, -0.15) is 0 Å². The summed E-state index contributed by atoms with van der Waals surface area (Å²) in [6, 6.07) is 18.6. The minimum absolute atomic E-state index is 0.592. The summed E-state index contributed by atoms with van der Waals surface area (Å²) in [5.74, 6) is 0.875. The number of benzene rings is 2. The van der Waals surface area contributed by atoms with Crippen molar-refractivity contribution < 1.29 is 0 Å². The van der Waals surface area contributed by atoms with Gasteiger partial charge in [-0.3, -0.25) is 0 Å². The molecular weight excluding hydrogens is 248 g/mol. The number of anilines is 1. The molecule has 0 amide bonds. The van der Waals surface area contributed by atoms with E-state index in [4.69, 9.17) is 5.73 Å². The molecule has 4 nitrogen and oxygen atoms in total. The summed E-state index contributed by atoms with van der Waals surface area (Å²) >= 11 is 0. The fraction of sp³-hybridized carbons (Fsp3) is 0.188. The molecule has 20 heavy (non-hydrogen) atoms. The summed E-state index contributed by atoms with van der Waals surface area (Å²) in [4.78, 5) is 4.64. The summed E-state index contributed by atoms with van der Waals surface area (Å²) < 4.78 is 2.19. The third-order valence-electron chi connectivity index (χ3n) is 3.27. The van der Waals surface area contributed by atoms with Crippen molar-refractivity contribution in [2.75, 3.05) is 18.4 Å². The molecule has 0 atom stereocenters. The van der Waals surface area contributed by atoms with Crippen LogP contribution >= 0.6 is 0 Å². The summed E-state index contributed by atoms with van der Waals surface area (Å²) in [6.07, 6.45) is 0. The van der Waals surface area contributed by atoms with Crippen LogP contribution in [0.4, 0.5) is 5.95 Å². The van der Waals surface area contributed by atoms with E-state index in [1.54, 1.807) is 0 Å². The van der Waals surface area contributed by atoms with Crippen LogP contribution < -0.4 is 11.1 Å². The zero-order valence-electron chi connectivity index (χ0n) is 11.3. The zero-order chi connectivity index (χ0) is 13.8. The first-order valence-electron chi connectivity index (χ1n) is 6.81. The minimum Gasteiger partial charge on any atom is -0.354 e. The Hall–Kier alpha value is -2.33. The van der Waals surface area contributed by atoms with E-state index in [1.165, 1.54) is 5.56 Å². The smallest absolute Gasteiger partial charge is 0.204 e. The molecule has 0 bridgehead atoms. The van der Waals surface area contributed by atoms with Crippen LogP contribution in [-0.2, 0) is 6.54 Å². The standard InChI is InChI=1S/C16H18N4/c17-10-11-18-16-19-14-8-4-5-9-15(14)20(16)12-13-6-2-1-3-7-13/h1-9H,10-12,17H2,(H,18,19). The lowest BCUT2D eigenvalue weighted by atomic mass is 10.2. The highest BCUT2D eigenvalue weighted by atomic mass is 15.2. The molecule has 102 valence electrons. The Morgan fingerprint density at radius 3 is 2.55 bits per heavy atom. The Labute approximate surface area is 118 Å². The maximum absolute atomic E-state index is 5.57. The van der Waals surface area contributed by atoms with Crippen LogP contribution in [-0.4, -0.2) is 22.6 Å². The Bertz CT molecular complexity index is 688. The number of imidazole rings is 1. The molecule has 0 aliphatic rings. The monoisotopic (exact) mass is 266 g/mol. The number of hydrogen-bond acceptors (Lipinski definition) is 3. The lowest BCUT2D eigenvalue weighted by molar-refractivity contribution is 0.820. The summed E-state index contributed by atoms with van der Waals surface area (Å²) in [6.45, 7) is 2.11. The topological polar surface area (TPSA) is 55.9 Å². The number of nitrogens with one attached hydrogen (secondary N) is 1. The minimum atomic E-state index is 0.592. The van der Waals surface area contributed by atoms with Gasteiger partial charge in [-0.05, 0) is 17.7 Å². The molecule has 3 aromatic rings. The molecule has 1 heterocycles. The van der Waals surface area contributed by atoms with Gasteiger partial charge in [0.15, 0.2) is 0 Å². The Balaban J connectivity index is 2.01. The Morgan fingerprint density at radius 2 is 1.75 bits per heavy atom. The van der Waals surface area contributed by atoms with Crippen LogP contribution in [0.5, 0.6) is 0 Å². The number of rotatable bonds is 5. The van der Waals surface area contributed by atoms with E-state index in [-0.39, 0.29) is 0 Å². The van der Waals surface area contributed by atoms with Crippen molar-refractivity contribution in [2.24, 2.45) is 5.73 Å². The molecule has 4 heteroatoms. The van der Waals surface area contributed by atoms with E-state index in [0.717, 1.165) is 30.1 Å². The lowest BCUT2D eigenvalue weighted by Crippen LogP contribution is -2.16. The number of nitrogens with two attached hydrogens (primary N) is 1. The quantitative estimate of drug-likeness (QED) is 0.746. The molecule has 2 aromatic carbocycles. The first-order valence-corrected chi connectivity index (χ1v) is 6.81. The lowest BCUT2D eigenvalue weighted by Gasteiger charge is -2.10. The number of fused-ring (bicyclic) bond motifs is 1. The van der Waals surface area contributed by atoms with Crippen molar-refractivity contribution in [1.82, 2.24) is 9.55 Å². The molecule has 3 N–H and O–H groups in total. The third-order valence-corrected chi connectivity index (χ3v) is 3.27. The van der Waals surface area contributed by atoms with Gasteiger partial charge < -0.3 is 15.6 Å². The average molecular weight is 266 g/mol. The van der Waals surface area contributed by atoms with Gasteiger partial charge in [-0.25, -0.2) is 4.98 Å². The second kappa shape index (κ2) is 5.75. The van der Waals surface area contributed by atoms with Crippen LogP contribution in [0.25, 0.3) is 11.0 Å². The molecular formula is C16H18N4. The fourth-order valence-corrected chi connectivity index (χ4v) is 2.32. The van der Waals surface area contributed by atoms with Crippen molar-refractivity contribution in [3.8, 4) is 0 Å². The second-order valence-corrected chi connectivity index (χ2v) is 4.71. The molecule has 0 unspecified atom stereocenters. The van der Waals surface area contributed by atoms with E-state index >= 15 is 0 Å². The Kier molecular flexibility index (Phi) is 3.65. The van der Waals surface area contributed by atoms with Crippen LogP contribution in [0.3, 0.4) is 0 Å². The van der Waals surface area contributed by atoms with Gasteiger partial charge in [0.2, 0.25) is 5.95 Å². The second-order valence-electron chi connectivity index (χ2n) is 4.71. The van der Waals surface area contributed by atoms with E-state index in [2.05, 4.69) is 45.2 Å². The molecule has 0 radical (unpaired) electrons. The van der Waals surface area contributed by atoms with Crippen LogP contribution in [0, 0.1) is 0 Å². The third kappa shape index (κ3) is 2.51. The number of aromatic nitrogens is 2. The summed E-state index contributed by atoms with van der Waals surface area (Å²) in [5, 5.41) is 3.30. The van der Waals surface area contributed by atoms with Crippen molar-refractivity contribution >= 4 is 17.0 Å². The predicted molar refractivity (Wildman–Crippen MR) is 82.8 cm³/mol. The molecule has 0 spiro atoms. The van der Waals surface area contributed by atoms with Gasteiger partial charge in [0.25, 0.3) is 0 Å². The first-order chi connectivity index (χ1) is 9.88. The summed E-state index contributed by atoms with van der Waals surface area (Å²) in [5.41, 5.74) is 8.97. The molecule has 0 aliphatic carbocycles. The zero-order valence-corrected chi connectivity index (χ0v) is 11.3. The molecule has 0 fully saturated rings. The summed E-state index contributed by atoms with van der Waals surface area (Å²) in [7, 11) is 0. The molecule has 3 rings (SSSR count). The van der Waals surface area contributed by atoms with Gasteiger partial charge in [-0.15, -0.1) is 0 Å². The van der Waals surface area contributed by atoms with Crippen molar-refractivity contribution in [1.29, 1.82) is 0 Å². The van der Waals surface area contributed by atoms with Gasteiger partial charge in [0.1, 0.15) is 0 Å². The van der Waals surface area contributed by atoms with Gasteiger partial charge in [0.05, 0.1) is 17.6 Å². The average Bonchev–Trinajstić information content (AvgIpc) is 2.84. The Morgan fingerprint density at radius 1 is 1.00 bits per heavy atom. The maximum atomic E-state index is 5.57.